The van der Waals surface area contributed by atoms with Crippen LogP contribution in [0.15, 0.2) is 42.5 Å². The fraction of sp³-hybridized carbons (Fsp3) is 0.133. The molecule has 2 aromatic rings. The molecular weight excluding hydrogens is 256 g/mol. The van der Waals surface area contributed by atoms with Gasteiger partial charge in [-0.1, -0.05) is 29.8 Å². The molecule has 0 atom stereocenters. The van der Waals surface area contributed by atoms with E-state index in [0.29, 0.717) is 16.8 Å². The molecule has 0 heterocycles. The molecule has 0 aliphatic rings. The number of nitrogens with one attached hydrogen (secondary N) is 1. The van der Waals surface area contributed by atoms with Crippen LogP contribution in [0.3, 0.4) is 0 Å². The standard InChI is InChI=1S/C15H14N2O3/c1-10-3-5-11(6-4-10)15(18)12-7-8-14(17(19)20)13(9-12)16-2/h3-9,16H,1-2H3. The van der Waals surface area contributed by atoms with Crippen molar-refractivity contribution in [3.63, 3.8) is 0 Å². The summed E-state index contributed by atoms with van der Waals surface area (Å²) in [6, 6.07) is 11.5. The lowest BCUT2D eigenvalue weighted by molar-refractivity contribution is -0.383. The van der Waals surface area contributed by atoms with Crippen LogP contribution in [0.4, 0.5) is 11.4 Å². The summed E-state index contributed by atoms with van der Waals surface area (Å²) in [6.07, 6.45) is 0. The number of nitro groups is 1. The van der Waals surface area contributed by atoms with E-state index >= 15 is 0 Å². The molecule has 0 fully saturated rings. The van der Waals surface area contributed by atoms with Crippen molar-refractivity contribution in [1.82, 2.24) is 0 Å². The lowest BCUT2D eigenvalue weighted by atomic mass is 10.0. The van der Waals surface area contributed by atoms with Gasteiger partial charge < -0.3 is 5.32 Å². The zero-order valence-electron chi connectivity index (χ0n) is 11.2. The van der Waals surface area contributed by atoms with Crippen LogP contribution in [0.25, 0.3) is 0 Å². The van der Waals surface area contributed by atoms with Gasteiger partial charge in [0, 0.05) is 24.2 Å². The van der Waals surface area contributed by atoms with Crippen molar-refractivity contribution in [2.45, 2.75) is 6.92 Å². The summed E-state index contributed by atoms with van der Waals surface area (Å²) in [7, 11) is 1.59. The maximum absolute atomic E-state index is 12.3. The number of rotatable bonds is 4. The van der Waals surface area contributed by atoms with Crippen molar-refractivity contribution >= 4 is 17.2 Å². The van der Waals surface area contributed by atoms with Crippen LogP contribution in [0.5, 0.6) is 0 Å². The Morgan fingerprint density at radius 1 is 1.10 bits per heavy atom. The van der Waals surface area contributed by atoms with Gasteiger partial charge in [-0.25, -0.2) is 0 Å². The first-order chi connectivity index (χ1) is 9.52. The second-order valence-corrected chi connectivity index (χ2v) is 4.43. The predicted octanol–water partition coefficient (Wildman–Crippen LogP) is 3.18. The van der Waals surface area contributed by atoms with E-state index in [1.165, 1.54) is 18.2 Å². The number of hydrogen-bond donors (Lipinski definition) is 1. The second-order valence-electron chi connectivity index (χ2n) is 4.43. The fourth-order valence-corrected chi connectivity index (χ4v) is 1.91. The molecule has 0 saturated heterocycles. The summed E-state index contributed by atoms with van der Waals surface area (Å²) >= 11 is 0. The van der Waals surface area contributed by atoms with E-state index in [0.717, 1.165) is 5.56 Å². The summed E-state index contributed by atoms with van der Waals surface area (Å²) < 4.78 is 0. The number of hydrogen-bond acceptors (Lipinski definition) is 4. The number of aryl methyl sites for hydroxylation is 1. The van der Waals surface area contributed by atoms with E-state index in [2.05, 4.69) is 5.32 Å². The summed E-state index contributed by atoms with van der Waals surface area (Å²) in [6.45, 7) is 1.94. The summed E-state index contributed by atoms with van der Waals surface area (Å²) in [5.41, 5.74) is 2.33. The topological polar surface area (TPSA) is 72.2 Å². The van der Waals surface area contributed by atoms with Gasteiger partial charge in [0.15, 0.2) is 5.78 Å². The zero-order valence-corrected chi connectivity index (χ0v) is 11.2. The van der Waals surface area contributed by atoms with Gasteiger partial charge in [0.1, 0.15) is 5.69 Å². The lowest BCUT2D eigenvalue weighted by Gasteiger charge is -2.06. The van der Waals surface area contributed by atoms with E-state index in [9.17, 15) is 14.9 Å². The highest BCUT2D eigenvalue weighted by Gasteiger charge is 2.16. The smallest absolute Gasteiger partial charge is 0.292 e. The minimum absolute atomic E-state index is 0.0482. The SMILES string of the molecule is CNc1cc(C(=O)c2ccc(C)cc2)ccc1[N+](=O)[O-]. The Kier molecular flexibility index (Phi) is 3.79. The number of carbonyl (C=O) groups is 1. The molecule has 5 nitrogen and oxygen atoms in total. The third-order valence-electron chi connectivity index (χ3n) is 3.04. The summed E-state index contributed by atoms with van der Waals surface area (Å²) in [5.74, 6) is -0.156. The minimum atomic E-state index is -0.480. The quantitative estimate of drug-likeness (QED) is 0.526. The first kappa shape index (κ1) is 13.7. The third kappa shape index (κ3) is 2.66. The Balaban J connectivity index is 2.40. The average Bonchev–Trinajstić information content (AvgIpc) is 2.46. The van der Waals surface area contributed by atoms with Gasteiger partial charge in [-0.2, -0.15) is 0 Å². The molecular formula is C15H14N2O3. The van der Waals surface area contributed by atoms with E-state index < -0.39 is 4.92 Å². The number of carbonyl (C=O) groups excluding carboxylic acids is 1. The molecule has 0 saturated carbocycles. The van der Waals surface area contributed by atoms with Gasteiger partial charge in [0.05, 0.1) is 4.92 Å². The summed E-state index contributed by atoms with van der Waals surface area (Å²) in [4.78, 5) is 22.7. The number of benzene rings is 2. The summed E-state index contributed by atoms with van der Waals surface area (Å²) in [5, 5.41) is 13.6. The van der Waals surface area contributed by atoms with Gasteiger partial charge in [-0.05, 0) is 19.1 Å². The molecule has 0 amide bonds. The van der Waals surface area contributed by atoms with E-state index in [4.69, 9.17) is 0 Å². The number of nitro benzene ring substituents is 1. The highest BCUT2D eigenvalue weighted by atomic mass is 16.6. The van der Waals surface area contributed by atoms with E-state index in [1.807, 2.05) is 19.1 Å². The Morgan fingerprint density at radius 2 is 1.70 bits per heavy atom. The van der Waals surface area contributed by atoms with Crippen LogP contribution < -0.4 is 5.32 Å². The molecule has 5 heteroatoms. The molecule has 1 N–H and O–H groups in total. The molecule has 0 aromatic heterocycles. The van der Waals surface area contributed by atoms with Crippen LogP contribution in [-0.2, 0) is 0 Å². The number of ketones is 1. The lowest BCUT2D eigenvalue weighted by Crippen LogP contribution is -2.04. The largest absolute Gasteiger partial charge is 0.383 e. The third-order valence-corrected chi connectivity index (χ3v) is 3.04. The van der Waals surface area contributed by atoms with Gasteiger partial charge >= 0.3 is 0 Å². The molecule has 0 bridgehead atoms. The normalized spacial score (nSPS) is 10.1. The maximum Gasteiger partial charge on any atom is 0.292 e. The van der Waals surface area contributed by atoms with Crippen molar-refractivity contribution in [3.05, 3.63) is 69.3 Å². The van der Waals surface area contributed by atoms with Crippen LogP contribution in [0.2, 0.25) is 0 Å². The number of anilines is 1. The molecule has 0 unspecified atom stereocenters. The van der Waals surface area contributed by atoms with Crippen molar-refractivity contribution < 1.29 is 9.72 Å². The molecule has 0 spiro atoms. The van der Waals surface area contributed by atoms with Crippen molar-refractivity contribution in [2.75, 3.05) is 12.4 Å². The van der Waals surface area contributed by atoms with Gasteiger partial charge in [0.25, 0.3) is 5.69 Å². The molecule has 2 rings (SSSR count). The maximum atomic E-state index is 12.3. The first-order valence-electron chi connectivity index (χ1n) is 6.10. The molecule has 102 valence electrons. The van der Waals surface area contributed by atoms with Gasteiger partial charge in [-0.3, -0.25) is 14.9 Å². The molecule has 0 aliphatic heterocycles. The second kappa shape index (κ2) is 5.52. The van der Waals surface area contributed by atoms with Crippen LogP contribution in [0.1, 0.15) is 21.5 Å². The van der Waals surface area contributed by atoms with E-state index in [1.54, 1.807) is 19.2 Å². The van der Waals surface area contributed by atoms with Crippen molar-refractivity contribution in [3.8, 4) is 0 Å². The van der Waals surface area contributed by atoms with Crippen molar-refractivity contribution in [2.24, 2.45) is 0 Å². The molecule has 0 radical (unpaired) electrons. The monoisotopic (exact) mass is 270 g/mol. The van der Waals surface area contributed by atoms with E-state index in [-0.39, 0.29) is 11.5 Å². The van der Waals surface area contributed by atoms with Gasteiger partial charge in [-0.15, -0.1) is 0 Å². The molecule has 2 aromatic carbocycles. The Labute approximate surface area is 116 Å². The Bertz CT molecular complexity index is 663. The Morgan fingerprint density at radius 3 is 2.25 bits per heavy atom. The van der Waals surface area contributed by atoms with Crippen LogP contribution in [0, 0.1) is 17.0 Å². The average molecular weight is 270 g/mol. The van der Waals surface area contributed by atoms with Crippen molar-refractivity contribution in [1.29, 1.82) is 0 Å². The minimum Gasteiger partial charge on any atom is -0.383 e. The fourth-order valence-electron chi connectivity index (χ4n) is 1.91. The first-order valence-corrected chi connectivity index (χ1v) is 6.10. The Hall–Kier alpha value is -2.69. The highest BCUT2D eigenvalue weighted by molar-refractivity contribution is 6.09. The van der Waals surface area contributed by atoms with Crippen LogP contribution in [-0.4, -0.2) is 17.8 Å². The predicted molar refractivity (Wildman–Crippen MR) is 77.3 cm³/mol. The van der Waals surface area contributed by atoms with Gasteiger partial charge in [0.2, 0.25) is 0 Å². The number of nitrogens with zero attached hydrogens (tertiary/aromatic N) is 1. The zero-order chi connectivity index (χ0) is 14.7. The molecule has 0 aliphatic carbocycles. The highest BCUT2D eigenvalue weighted by Crippen LogP contribution is 2.26. The molecule has 20 heavy (non-hydrogen) atoms. The van der Waals surface area contributed by atoms with Crippen LogP contribution >= 0.6 is 0 Å².